The van der Waals surface area contributed by atoms with Gasteiger partial charge in [0.1, 0.15) is 0 Å². The minimum atomic E-state index is -0.774. The first-order chi connectivity index (χ1) is 6.48. The largest absolute Gasteiger partial charge is 0.388 e. The SMILES string of the molecule is CC(C)C(O)(CN)Cc1ccc(Br)s1. The summed E-state index contributed by atoms with van der Waals surface area (Å²) in [4.78, 5) is 1.17. The van der Waals surface area contributed by atoms with E-state index >= 15 is 0 Å². The zero-order valence-electron chi connectivity index (χ0n) is 8.46. The summed E-state index contributed by atoms with van der Waals surface area (Å²) in [6, 6.07) is 4.02. The topological polar surface area (TPSA) is 46.2 Å². The van der Waals surface area contributed by atoms with Crippen LogP contribution in [0, 0.1) is 5.92 Å². The number of hydrogen-bond acceptors (Lipinski definition) is 3. The predicted molar refractivity (Wildman–Crippen MR) is 64.6 cm³/mol. The van der Waals surface area contributed by atoms with Gasteiger partial charge in [-0.25, -0.2) is 0 Å². The molecule has 0 fully saturated rings. The average Bonchev–Trinajstić information content (AvgIpc) is 2.50. The lowest BCUT2D eigenvalue weighted by atomic mass is 9.87. The molecule has 1 unspecified atom stereocenters. The molecule has 14 heavy (non-hydrogen) atoms. The highest BCUT2D eigenvalue weighted by atomic mass is 79.9. The number of nitrogens with two attached hydrogens (primary N) is 1. The standard InChI is InChI=1S/C10H16BrNOS/c1-7(2)10(13,6-12)5-8-3-4-9(11)14-8/h3-4,7,13H,5-6,12H2,1-2H3. The van der Waals surface area contributed by atoms with Gasteiger partial charge in [0, 0.05) is 17.8 Å². The Kier molecular flexibility index (Phi) is 4.13. The lowest BCUT2D eigenvalue weighted by Gasteiger charge is -2.30. The van der Waals surface area contributed by atoms with Crippen LogP contribution in [0.4, 0.5) is 0 Å². The summed E-state index contributed by atoms with van der Waals surface area (Å²) in [7, 11) is 0. The molecule has 0 aliphatic carbocycles. The van der Waals surface area contributed by atoms with Gasteiger partial charge in [0.25, 0.3) is 0 Å². The summed E-state index contributed by atoms with van der Waals surface area (Å²) in [6.45, 7) is 4.30. The van der Waals surface area contributed by atoms with E-state index in [0.717, 1.165) is 3.79 Å². The van der Waals surface area contributed by atoms with Gasteiger partial charge in [-0.1, -0.05) is 13.8 Å². The second-order valence-corrected chi connectivity index (χ2v) is 6.39. The number of hydrogen-bond donors (Lipinski definition) is 2. The van der Waals surface area contributed by atoms with Crippen LogP contribution in [0.2, 0.25) is 0 Å². The predicted octanol–water partition coefficient (Wildman–Crippen LogP) is 2.40. The van der Waals surface area contributed by atoms with Crippen molar-refractivity contribution < 1.29 is 5.11 Å². The van der Waals surface area contributed by atoms with Crippen molar-refractivity contribution in [2.45, 2.75) is 25.9 Å². The second-order valence-electron chi connectivity index (χ2n) is 3.84. The van der Waals surface area contributed by atoms with Crippen molar-refractivity contribution in [1.82, 2.24) is 0 Å². The zero-order valence-corrected chi connectivity index (χ0v) is 10.9. The number of aliphatic hydroxyl groups is 1. The van der Waals surface area contributed by atoms with Gasteiger partial charge in [0.15, 0.2) is 0 Å². The summed E-state index contributed by atoms with van der Waals surface area (Å²) in [6.07, 6.45) is 0.636. The first-order valence-corrected chi connectivity index (χ1v) is 6.25. The molecule has 3 N–H and O–H groups in total. The minimum absolute atomic E-state index is 0.174. The minimum Gasteiger partial charge on any atom is -0.388 e. The molecule has 0 saturated carbocycles. The molecule has 1 atom stereocenters. The molecule has 0 aliphatic rings. The van der Waals surface area contributed by atoms with Crippen LogP contribution < -0.4 is 5.73 Å². The highest BCUT2D eigenvalue weighted by molar-refractivity contribution is 9.11. The van der Waals surface area contributed by atoms with Crippen LogP contribution in [0.1, 0.15) is 18.7 Å². The molecule has 4 heteroatoms. The molecule has 2 nitrogen and oxygen atoms in total. The molecule has 1 rings (SSSR count). The van der Waals surface area contributed by atoms with Crippen LogP contribution in [0.3, 0.4) is 0 Å². The molecule has 80 valence electrons. The molecular weight excluding hydrogens is 262 g/mol. The van der Waals surface area contributed by atoms with Gasteiger partial charge >= 0.3 is 0 Å². The van der Waals surface area contributed by atoms with Crippen molar-refractivity contribution in [2.24, 2.45) is 11.7 Å². The third-order valence-electron chi connectivity index (χ3n) is 2.54. The lowest BCUT2D eigenvalue weighted by Crippen LogP contribution is -2.44. The van der Waals surface area contributed by atoms with Gasteiger partial charge in [-0.15, -0.1) is 11.3 Å². The van der Waals surface area contributed by atoms with Crippen LogP contribution in [0.25, 0.3) is 0 Å². The van der Waals surface area contributed by atoms with Crippen LogP contribution >= 0.6 is 27.3 Å². The first-order valence-electron chi connectivity index (χ1n) is 4.64. The Bertz CT molecular complexity index is 300. The molecule has 0 aromatic carbocycles. The van der Waals surface area contributed by atoms with E-state index in [1.54, 1.807) is 11.3 Å². The highest BCUT2D eigenvalue weighted by Crippen LogP contribution is 2.28. The van der Waals surface area contributed by atoms with Crippen LogP contribution in [0.5, 0.6) is 0 Å². The Morgan fingerprint density at radius 3 is 2.57 bits per heavy atom. The number of thiophene rings is 1. The van der Waals surface area contributed by atoms with Gasteiger partial charge < -0.3 is 10.8 Å². The summed E-state index contributed by atoms with van der Waals surface area (Å²) in [5.41, 5.74) is 4.83. The molecule has 0 spiro atoms. The van der Waals surface area contributed by atoms with E-state index in [0.29, 0.717) is 13.0 Å². The van der Waals surface area contributed by atoms with Crippen LogP contribution in [-0.4, -0.2) is 17.3 Å². The fourth-order valence-corrected chi connectivity index (χ4v) is 2.86. The monoisotopic (exact) mass is 277 g/mol. The maximum absolute atomic E-state index is 10.2. The summed E-state index contributed by atoms with van der Waals surface area (Å²) in [5, 5.41) is 10.2. The van der Waals surface area contributed by atoms with E-state index in [9.17, 15) is 5.11 Å². The van der Waals surface area contributed by atoms with Crippen molar-refractivity contribution >= 4 is 27.3 Å². The van der Waals surface area contributed by atoms with Crippen molar-refractivity contribution in [3.63, 3.8) is 0 Å². The van der Waals surface area contributed by atoms with E-state index in [2.05, 4.69) is 15.9 Å². The van der Waals surface area contributed by atoms with Gasteiger partial charge in [-0.3, -0.25) is 0 Å². The van der Waals surface area contributed by atoms with Gasteiger partial charge in [0.2, 0.25) is 0 Å². The smallest absolute Gasteiger partial charge is 0.0840 e. The van der Waals surface area contributed by atoms with Crippen LogP contribution in [-0.2, 0) is 6.42 Å². The summed E-state index contributed by atoms with van der Waals surface area (Å²) < 4.78 is 1.09. The molecule has 0 radical (unpaired) electrons. The first kappa shape index (κ1) is 12.2. The van der Waals surface area contributed by atoms with Crippen LogP contribution in [0.15, 0.2) is 15.9 Å². The Balaban J connectivity index is 2.75. The fourth-order valence-electron chi connectivity index (χ4n) is 1.26. The maximum Gasteiger partial charge on any atom is 0.0840 e. The van der Waals surface area contributed by atoms with Crippen molar-refractivity contribution in [3.05, 3.63) is 20.8 Å². The molecule has 1 aromatic heterocycles. The molecule has 0 amide bonds. The second kappa shape index (κ2) is 4.75. The molecule has 0 bridgehead atoms. The zero-order chi connectivity index (χ0) is 10.8. The maximum atomic E-state index is 10.2. The Labute approximate surface area is 97.3 Å². The van der Waals surface area contributed by atoms with E-state index < -0.39 is 5.60 Å². The van der Waals surface area contributed by atoms with Gasteiger partial charge in [-0.05, 0) is 34.0 Å². The molecule has 1 heterocycles. The van der Waals surface area contributed by atoms with E-state index in [4.69, 9.17) is 5.73 Å². The van der Waals surface area contributed by atoms with E-state index in [1.807, 2.05) is 26.0 Å². The molecule has 0 saturated heterocycles. The summed E-state index contributed by atoms with van der Waals surface area (Å²) >= 11 is 5.05. The van der Waals surface area contributed by atoms with Gasteiger partial charge in [0.05, 0.1) is 9.39 Å². The third kappa shape index (κ3) is 2.79. The van der Waals surface area contributed by atoms with Gasteiger partial charge in [-0.2, -0.15) is 0 Å². The lowest BCUT2D eigenvalue weighted by molar-refractivity contribution is 0.00479. The number of rotatable bonds is 4. The molecule has 0 aliphatic heterocycles. The Morgan fingerprint density at radius 1 is 1.57 bits per heavy atom. The Morgan fingerprint density at radius 2 is 2.21 bits per heavy atom. The van der Waals surface area contributed by atoms with E-state index in [-0.39, 0.29) is 5.92 Å². The quantitative estimate of drug-likeness (QED) is 0.888. The fraction of sp³-hybridized carbons (Fsp3) is 0.600. The van der Waals surface area contributed by atoms with E-state index in [1.165, 1.54) is 4.88 Å². The normalized spacial score (nSPS) is 15.9. The third-order valence-corrected chi connectivity index (χ3v) is 4.16. The highest BCUT2D eigenvalue weighted by Gasteiger charge is 2.29. The van der Waals surface area contributed by atoms with Crippen molar-refractivity contribution in [3.8, 4) is 0 Å². The number of halogens is 1. The molecule has 1 aromatic rings. The molecular formula is C10H16BrNOS. The van der Waals surface area contributed by atoms with Crippen molar-refractivity contribution in [2.75, 3.05) is 6.54 Å². The van der Waals surface area contributed by atoms with Crippen molar-refractivity contribution in [1.29, 1.82) is 0 Å². The summed E-state index contributed by atoms with van der Waals surface area (Å²) in [5.74, 6) is 0.174. The average molecular weight is 278 g/mol. The Hall–Kier alpha value is 0.1000.